The normalized spacial score (nSPS) is 10.8. The highest BCUT2D eigenvalue weighted by Gasteiger charge is 2.14. The van der Waals surface area contributed by atoms with Gasteiger partial charge < -0.3 is 4.42 Å². The van der Waals surface area contributed by atoms with Crippen LogP contribution in [-0.4, -0.2) is 16.4 Å². The molecule has 15 heavy (non-hydrogen) atoms. The summed E-state index contributed by atoms with van der Waals surface area (Å²) in [5.41, 5.74) is 0.779. The molecule has 0 unspecified atom stereocenters. The van der Waals surface area contributed by atoms with E-state index in [4.69, 9.17) is 16.0 Å². The standard InChI is InChI=1S/C9H5BrClNO3/c10-5-1-2-6-7(3-5)15-9(14)12(6)8(13)4-11/h1-3H,4H2. The predicted octanol–water partition coefficient (Wildman–Crippen LogP) is 2.24. The maximum absolute atomic E-state index is 11.4. The van der Waals surface area contributed by atoms with Gasteiger partial charge in [0.25, 0.3) is 5.91 Å². The summed E-state index contributed by atoms with van der Waals surface area (Å²) in [5, 5.41) is 0. The van der Waals surface area contributed by atoms with E-state index < -0.39 is 11.7 Å². The minimum Gasteiger partial charge on any atom is -0.407 e. The molecule has 1 heterocycles. The van der Waals surface area contributed by atoms with Crippen molar-refractivity contribution >= 4 is 44.5 Å². The van der Waals surface area contributed by atoms with E-state index in [-0.39, 0.29) is 5.88 Å². The van der Waals surface area contributed by atoms with Gasteiger partial charge in [-0.05, 0) is 18.2 Å². The molecule has 0 amide bonds. The van der Waals surface area contributed by atoms with E-state index in [1.807, 2.05) is 0 Å². The molecule has 1 aromatic carbocycles. The number of hydrogen-bond donors (Lipinski definition) is 0. The van der Waals surface area contributed by atoms with Gasteiger partial charge in [0.15, 0.2) is 5.58 Å². The number of benzene rings is 1. The lowest BCUT2D eigenvalue weighted by atomic mass is 10.3. The average Bonchev–Trinajstić information content (AvgIpc) is 2.52. The fraction of sp³-hybridized carbons (Fsp3) is 0.111. The summed E-state index contributed by atoms with van der Waals surface area (Å²) in [7, 11) is 0. The molecule has 0 N–H and O–H groups in total. The molecule has 0 aliphatic heterocycles. The summed E-state index contributed by atoms with van der Waals surface area (Å²) in [6.45, 7) is 0. The SMILES string of the molecule is O=C(CCl)n1c(=O)oc2cc(Br)ccc21. The van der Waals surface area contributed by atoms with Crippen molar-refractivity contribution in [1.29, 1.82) is 0 Å². The molecular formula is C9H5BrClNO3. The number of carbonyl (C=O) groups is 1. The van der Waals surface area contributed by atoms with Gasteiger partial charge in [0.2, 0.25) is 0 Å². The van der Waals surface area contributed by atoms with Gasteiger partial charge in [-0.3, -0.25) is 4.79 Å². The van der Waals surface area contributed by atoms with Crippen LogP contribution in [0.2, 0.25) is 0 Å². The Morgan fingerprint density at radius 2 is 2.27 bits per heavy atom. The van der Waals surface area contributed by atoms with E-state index in [0.717, 1.165) is 9.04 Å². The lowest BCUT2D eigenvalue weighted by molar-refractivity contribution is 0.0937. The Bertz CT molecular complexity index is 587. The second-order valence-corrected chi connectivity index (χ2v) is 4.03. The molecule has 0 aliphatic rings. The van der Waals surface area contributed by atoms with E-state index >= 15 is 0 Å². The molecule has 0 atom stereocenters. The zero-order valence-electron chi connectivity index (χ0n) is 7.37. The van der Waals surface area contributed by atoms with Gasteiger partial charge in [0.05, 0.1) is 5.52 Å². The van der Waals surface area contributed by atoms with Crippen LogP contribution in [0, 0.1) is 0 Å². The van der Waals surface area contributed by atoms with Crippen molar-refractivity contribution in [3.05, 3.63) is 33.2 Å². The quantitative estimate of drug-likeness (QED) is 0.757. The van der Waals surface area contributed by atoms with Crippen LogP contribution < -0.4 is 5.76 Å². The second kappa shape index (κ2) is 3.83. The van der Waals surface area contributed by atoms with Crippen LogP contribution in [0.1, 0.15) is 4.79 Å². The lowest BCUT2D eigenvalue weighted by Gasteiger charge is -1.95. The molecule has 78 valence electrons. The fourth-order valence-electron chi connectivity index (χ4n) is 1.29. The first kappa shape index (κ1) is 10.4. The number of carbonyl (C=O) groups excluding carboxylic acids is 1. The third-order valence-corrected chi connectivity index (χ3v) is 2.63. The number of hydrogen-bond acceptors (Lipinski definition) is 3. The summed E-state index contributed by atoms with van der Waals surface area (Å²) in [5.74, 6) is -1.47. The molecule has 0 saturated carbocycles. The van der Waals surface area contributed by atoms with Gasteiger partial charge >= 0.3 is 5.76 Å². The van der Waals surface area contributed by atoms with E-state index in [9.17, 15) is 9.59 Å². The van der Waals surface area contributed by atoms with Crippen LogP contribution in [0.25, 0.3) is 11.1 Å². The number of nitrogens with zero attached hydrogens (tertiary/aromatic N) is 1. The first-order valence-electron chi connectivity index (χ1n) is 4.04. The van der Waals surface area contributed by atoms with Gasteiger partial charge in [-0.25, -0.2) is 9.36 Å². The number of oxazole rings is 1. The van der Waals surface area contributed by atoms with Crippen LogP contribution in [0.4, 0.5) is 0 Å². The monoisotopic (exact) mass is 289 g/mol. The van der Waals surface area contributed by atoms with Crippen molar-refractivity contribution < 1.29 is 9.21 Å². The summed E-state index contributed by atoms with van der Waals surface area (Å²) in [6.07, 6.45) is 0. The van der Waals surface area contributed by atoms with Crippen LogP contribution in [-0.2, 0) is 0 Å². The maximum Gasteiger partial charge on any atom is 0.426 e. The van der Waals surface area contributed by atoms with Gasteiger partial charge in [-0.15, -0.1) is 11.6 Å². The first-order chi connectivity index (χ1) is 7.13. The van der Waals surface area contributed by atoms with E-state index in [1.54, 1.807) is 18.2 Å². The van der Waals surface area contributed by atoms with Crippen LogP contribution in [0.3, 0.4) is 0 Å². The van der Waals surface area contributed by atoms with Crippen LogP contribution in [0.5, 0.6) is 0 Å². The van der Waals surface area contributed by atoms with Gasteiger partial charge in [0, 0.05) is 4.47 Å². The van der Waals surface area contributed by atoms with Crippen molar-refractivity contribution in [2.45, 2.75) is 0 Å². The molecular weight excluding hydrogens is 285 g/mol. The van der Waals surface area contributed by atoms with Gasteiger partial charge in [-0.1, -0.05) is 15.9 Å². The zero-order valence-corrected chi connectivity index (χ0v) is 9.71. The molecule has 0 aliphatic carbocycles. The molecule has 4 nitrogen and oxygen atoms in total. The predicted molar refractivity (Wildman–Crippen MR) is 59.5 cm³/mol. The summed E-state index contributed by atoms with van der Waals surface area (Å²) < 4.78 is 6.60. The van der Waals surface area contributed by atoms with Gasteiger partial charge in [-0.2, -0.15) is 0 Å². The number of fused-ring (bicyclic) bond motifs is 1. The maximum atomic E-state index is 11.4. The van der Waals surface area contributed by atoms with Crippen molar-refractivity contribution in [3.8, 4) is 0 Å². The van der Waals surface area contributed by atoms with E-state index in [0.29, 0.717) is 11.1 Å². The Morgan fingerprint density at radius 1 is 1.53 bits per heavy atom. The minimum atomic E-state index is -0.714. The highest BCUT2D eigenvalue weighted by atomic mass is 79.9. The topological polar surface area (TPSA) is 52.2 Å². The number of rotatable bonds is 1. The second-order valence-electron chi connectivity index (χ2n) is 2.84. The molecule has 0 fully saturated rings. The summed E-state index contributed by atoms with van der Waals surface area (Å²) in [4.78, 5) is 22.7. The molecule has 6 heteroatoms. The Hall–Kier alpha value is -1.07. The first-order valence-corrected chi connectivity index (χ1v) is 5.36. The van der Waals surface area contributed by atoms with Crippen molar-refractivity contribution in [1.82, 2.24) is 4.57 Å². The highest BCUT2D eigenvalue weighted by molar-refractivity contribution is 9.10. The van der Waals surface area contributed by atoms with Crippen molar-refractivity contribution in [3.63, 3.8) is 0 Å². The van der Waals surface area contributed by atoms with Gasteiger partial charge in [0.1, 0.15) is 5.88 Å². The highest BCUT2D eigenvalue weighted by Crippen LogP contribution is 2.18. The van der Waals surface area contributed by atoms with Crippen LogP contribution >= 0.6 is 27.5 Å². The molecule has 1 aromatic heterocycles. The molecule has 2 rings (SSSR count). The number of aromatic nitrogens is 1. The van der Waals surface area contributed by atoms with E-state index in [2.05, 4.69) is 15.9 Å². The fourth-order valence-corrected chi connectivity index (χ4v) is 1.75. The number of alkyl halides is 1. The third kappa shape index (κ3) is 1.72. The average molecular weight is 290 g/mol. The molecule has 0 bridgehead atoms. The Morgan fingerprint density at radius 3 is 2.93 bits per heavy atom. The third-order valence-electron chi connectivity index (χ3n) is 1.91. The van der Waals surface area contributed by atoms with Crippen molar-refractivity contribution in [2.75, 3.05) is 5.88 Å². The lowest BCUT2D eigenvalue weighted by Crippen LogP contribution is -2.23. The summed E-state index contributed by atoms with van der Waals surface area (Å²) >= 11 is 8.62. The van der Waals surface area contributed by atoms with E-state index in [1.165, 1.54) is 0 Å². The van der Waals surface area contributed by atoms with Crippen LogP contribution in [0.15, 0.2) is 31.9 Å². The largest absolute Gasteiger partial charge is 0.426 e. The zero-order chi connectivity index (χ0) is 11.0. The Kier molecular flexibility index (Phi) is 2.67. The molecule has 0 saturated heterocycles. The molecule has 2 aromatic rings. The smallest absolute Gasteiger partial charge is 0.407 e. The molecule has 0 spiro atoms. The number of halogens is 2. The van der Waals surface area contributed by atoms with Crippen molar-refractivity contribution in [2.24, 2.45) is 0 Å². The summed E-state index contributed by atoms with van der Waals surface area (Å²) in [6, 6.07) is 4.96. The Balaban J connectivity index is 2.80. The Labute approximate surface area is 97.6 Å². The molecule has 0 radical (unpaired) electrons. The minimum absolute atomic E-state index is 0.259.